The van der Waals surface area contributed by atoms with E-state index in [-0.39, 0.29) is 6.10 Å². The number of aliphatic hydroxyl groups is 1. The van der Waals surface area contributed by atoms with Crippen LogP contribution in [0.2, 0.25) is 0 Å². The highest BCUT2D eigenvalue weighted by atomic mass is 16.5. The summed E-state index contributed by atoms with van der Waals surface area (Å²) in [4.78, 5) is 1.37. The lowest BCUT2D eigenvalue weighted by atomic mass is 10.1. The SMILES string of the molecule is COc1cc(OC)c(OC)cc1C[NH+]1CCC[C@@H](O)C1. The van der Waals surface area contributed by atoms with Crippen LogP contribution in [0.1, 0.15) is 18.4 Å². The van der Waals surface area contributed by atoms with Crippen LogP contribution in [-0.4, -0.2) is 45.6 Å². The van der Waals surface area contributed by atoms with Gasteiger partial charge in [-0.3, -0.25) is 0 Å². The molecule has 5 nitrogen and oxygen atoms in total. The lowest BCUT2D eigenvalue weighted by Gasteiger charge is -2.27. The fraction of sp³-hybridized carbons (Fsp3) is 0.600. The molecule has 1 heterocycles. The van der Waals surface area contributed by atoms with E-state index in [1.54, 1.807) is 21.3 Å². The molecule has 2 atom stereocenters. The van der Waals surface area contributed by atoms with Gasteiger partial charge in [-0.05, 0) is 18.9 Å². The molecule has 0 bridgehead atoms. The molecule has 20 heavy (non-hydrogen) atoms. The Hall–Kier alpha value is -1.46. The third kappa shape index (κ3) is 3.35. The van der Waals surface area contributed by atoms with Crippen LogP contribution in [0.4, 0.5) is 0 Å². The zero-order valence-corrected chi connectivity index (χ0v) is 12.4. The molecule has 5 heteroatoms. The Balaban J connectivity index is 2.21. The van der Waals surface area contributed by atoms with E-state index in [0.29, 0.717) is 11.5 Å². The van der Waals surface area contributed by atoms with Crippen molar-refractivity contribution in [1.82, 2.24) is 0 Å². The fourth-order valence-corrected chi connectivity index (χ4v) is 2.79. The van der Waals surface area contributed by atoms with Crippen LogP contribution in [-0.2, 0) is 6.54 Å². The highest BCUT2D eigenvalue weighted by Crippen LogP contribution is 2.34. The fourth-order valence-electron chi connectivity index (χ4n) is 2.79. The second kappa shape index (κ2) is 6.81. The second-order valence-electron chi connectivity index (χ2n) is 5.20. The first-order chi connectivity index (χ1) is 9.67. The molecule has 2 N–H and O–H groups in total. The summed E-state index contributed by atoms with van der Waals surface area (Å²) in [5, 5.41) is 9.77. The molecule has 2 rings (SSSR count). The summed E-state index contributed by atoms with van der Waals surface area (Å²) in [7, 11) is 4.90. The van der Waals surface area contributed by atoms with Crippen molar-refractivity contribution >= 4 is 0 Å². The monoisotopic (exact) mass is 282 g/mol. The van der Waals surface area contributed by atoms with E-state index < -0.39 is 0 Å². The van der Waals surface area contributed by atoms with Crippen LogP contribution in [0.5, 0.6) is 17.2 Å². The Morgan fingerprint density at radius 3 is 2.35 bits per heavy atom. The van der Waals surface area contributed by atoms with E-state index in [2.05, 4.69) is 0 Å². The second-order valence-corrected chi connectivity index (χ2v) is 5.20. The molecule has 112 valence electrons. The molecular weight excluding hydrogens is 258 g/mol. The Bertz CT molecular complexity index is 450. The maximum Gasteiger partial charge on any atom is 0.164 e. The number of likely N-dealkylation sites (tertiary alicyclic amines) is 1. The van der Waals surface area contributed by atoms with Crippen molar-refractivity contribution in [3.8, 4) is 17.2 Å². The van der Waals surface area contributed by atoms with E-state index in [0.717, 1.165) is 43.8 Å². The minimum absolute atomic E-state index is 0.190. The molecular formula is C15H24NO4+. The van der Waals surface area contributed by atoms with Gasteiger partial charge in [0, 0.05) is 6.07 Å². The van der Waals surface area contributed by atoms with Gasteiger partial charge >= 0.3 is 0 Å². The maximum absolute atomic E-state index is 9.77. The van der Waals surface area contributed by atoms with Gasteiger partial charge < -0.3 is 24.2 Å². The van der Waals surface area contributed by atoms with Crippen molar-refractivity contribution in [3.05, 3.63) is 17.7 Å². The molecule has 0 aromatic heterocycles. The number of nitrogens with one attached hydrogen (secondary N) is 1. The maximum atomic E-state index is 9.77. The normalized spacial score (nSPS) is 22.4. The van der Waals surface area contributed by atoms with Crippen molar-refractivity contribution < 1.29 is 24.2 Å². The molecule has 0 spiro atoms. The topological polar surface area (TPSA) is 52.4 Å². The zero-order valence-electron chi connectivity index (χ0n) is 12.4. The average molecular weight is 282 g/mol. The third-order valence-electron chi connectivity index (χ3n) is 3.82. The molecule has 1 aliphatic heterocycles. The zero-order chi connectivity index (χ0) is 14.5. The Labute approximate surface area is 120 Å². The average Bonchev–Trinajstić information content (AvgIpc) is 2.46. The molecule has 1 aromatic rings. The molecule has 0 aliphatic carbocycles. The predicted octanol–water partition coefficient (Wildman–Crippen LogP) is 0.252. The third-order valence-corrected chi connectivity index (χ3v) is 3.82. The van der Waals surface area contributed by atoms with E-state index in [4.69, 9.17) is 14.2 Å². The van der Waals surface area contributed by atoms with Crippen molar-refractivity contribution in [2.24, 2.45) is 0 Å². The number of hydrogen-bond donors (Lipinski definition) is 2. The van der Waals surface area contributed by atoms with Crippen LogP contribution >= 0.6 is 0 Å². The van der Waals surface area contributed by atoms with Gasteiger partial charge in [-0.2, -0.15) is 0 Å². The number of piperidine rings is 1. The van der Waals surface area contributed by atoms with Gasteiger partial charge in [0.15, 0.2) is 11.5 Å². The van der Waals surface area contributed by atoms with E-state index in [9.17, 15) is 5.11 Å². The lowest BCUT2D eigenvalue weighted by Crippen LogP contribution is -3.12. The minimum Gasteiger partial charge on any atom is -0.496 e. The molecule has 0 saturated carbocycles. The number of hydrogen-bond acceptors (Lipinski definition) is 4. The van der Waals surface area contributed by atoms with Crippen LogP contribution in [0.15, 0.2) is 12.1 Å². The Kier molecular flexibility index (Phi) is 5.09. The number of rotatable bonds is 5. The van der Waals surface area contributed by atoms with Crippen LogP contribution < -0.4 is 19.1 Å². The molecule has 0 amide bonds. The standard InChI is InChI=1S/C15H23NO4/c1-18-13-8-15(20-3)14(19-2)7-11(13)9-16-6-4-5-12(17)10-16/h7-8,12,17H,4-6,9-10H2,1-3H3/p+1/t12-/m1/s1. The lowest BCUT2D eigenvalue weighted by molar-refractivity contribution is -0.921. The summed E-state index contributed by atoms with van der Waals surface area (Å²) in [6, 6.07) is 3.82. The molecule has 1 unspecified atom stereocenters. The number of quaternary nitrogens is 1. The van der Waals surface area contributed by atoms with Crippen LogP contribution in [0.3, 0.4) is 0 Å². The van der Waals surface area contributed by atoms with Crippen LogP contribution in [0, 0.1) is 0 Å². The summed E-state index contributed by atoms with van der Waals surface area (Å²) >= 11 is 0. The Morgan fingerprint density at radius 1 is 1.10 bits per heavy atom. The van der Waals surface area contributed by atoms with Gasteiger partial charge in [0.2, 0.25) is 0 Å². The van der Waals surface area contributed by atoms with E-state index in [1.807, 2.05) is 12.1 Å². The highest BCUT2D eigenvalue weighted by molar-refractivity contribution is 5.50. The van der Waals surface area contributed by atoms with Crippen LogP contribution in [0.25, 0.3) is 0 Å². The van der Waals surface area contributed by atoms with Gasteiger partial charge in [-0.15, -0.1) is 0 Å². The number of ether oxygens (including phenoxy) is 3. The first kappa shape index (κ1) is 14.9. The molecule has 1 aliphatic rings. The van der Waals surface area contributed by atoms with E-state index >= 15 is 0 Å². The van der Waals surface area contributed by atoms with Crippen molar-refractivity contribution in [1.29, 1.82) is 0 Å². The quantitative estimate of drug-likeness (QED) is 0.813. The number of benzene rings is 1. The summed E-state index contributed by atoms with van der Waals surface area (Å²) in [6.45, 7) is 2.69. The minimum atomic E-state index is -0.190. The van der Waals surface area contributed by atoms with Gasteiger partial charge in [0.1, 0.15) is 24.9 Å². The Morgan fingerprint density at radius 2 is 1.75 bits per heavy atom. The van der Waals surface area contributed by atoms with Gasteiger partial charge in [-0.25, -0.2) is 0 Å². The predicted molar refractivity (Wildman–Crippen MR) is 75.7 cm³/mol. The number of methoxy groups -OCH3 is 3. The summed E-state index contributed by atoms with van der Waals surface area (Å²) in [5.74, 6) is 2.18. The summed E-state index contributed by atoms with van der Waals surface area (Å²) < 4.78 is 16.1. The van der Waals surface area contributed by atoms with Gasteiger partial charge in [0.25, 0.3) is 0 Å². The van der Waals surface area contributed by atoms with Gasteiger partial charge in [-0.1, -0.05) is 0 Å². The van der Waals surface area contributed by atoms with Gasteiger partial charge in [0.05, 0.1) is 33.4 Å². The van der Waals surface area contributed by atoms with E-state index in [1.165, 1.54) is 4.90 Å². The first-order valence-corrected chi connectivity index (χ1v) is 6.98. The smallest absolute Gasteiger partial charge is 0.164 e. The molecule has 1 aromatic carbocycles. The van der Waals surface area contributed by atoms with Crippen molar-refractivity contribution in [2.45, 2.75) is 25.5 Å². The molecule has 1 fully saturated rings. The number of aliphatic hydroxyl groups excluding tert-OH is 1. The highest BCUT2D eigenvalue weighted by Gasteiger charge is 2.23. The molecule has 1 saturated heterocycles. The van der Waals surface area contributed by atoms with Crippen molar-refractivity contribution in [3.63, 3.8) is 0 Å². The summed E-state index contributed by atoms with van der Waals surface area (Å²) in [5.41, 5.74) is 1.08. The summed E-state index contributed by atoms with van der Waals surface area (Å²) in [6.07, 6.45) is 1.78. The first-order valence-electron chi connectivity index (χ1n) is 6.98. The largest absolute Gasteiger partial charge is 0.496 e. The molecule has 0 radical (unpaired) electrons. The van der Waals surface area contributed by atoms with Crippen molar-refractivity contribution in [2.75, 3.05) is 34.4 Å².